The number of hydrogen-bond acceptors (Lipinski definition) is 4. The first-order chi connectivity index (χ1) is 7.77. The fraction of sp³-hybridized carbons (Fsp3) is 0.100. The van der Waals surface area contributed by atoms with Crippen molar-refractivity contribution in [1.29, 1.82) is 0 Å². The fourth-order valence-corrected chi connectivity index (χ4v) is 1.23. The van der Waals surface area contributed by atoms with E-state index in [1.54, 1.807) is 12.4 Å². The molecular formula is C10H10N4O2. The number of nitrogens with zero attached hydrogens (tertiary/aromatic N) is 2. The second-order valence-electron chi connectivity index (χ2n) is 3.11. The Labute approximate surface area is 91.4 Å². The summed E-state index contributed by atoms with van der Waals surface area (Å²) in [5.41, 5.74) is 0.196. The molecule has 0 atom stereocenters. The highest BCUT2D eigenvalue weighted by atomic mass is 16.3. The molecule has 0 bridgehead atoms. The van der Waals surface area contributed by atoms with Crippen molar-refractivity contribution in [3.8, 4) is 5.75 Å². The van der Waals surface area contributed by atoms with Gasteiger partial charge in [0.25, 0.3) is 5.91 Å². The van der Waals surface area contributed by atoms with Crippen LogP contribution in [-0.4, -0.2) is 26.0 Å². The normalized spacial score (nSPS) is 10.0. The van der Waals surface area contributed by atoms with Gasteiger partial charge in [-0.2, -0.15) is 0 Å². The SMILES string of the molecule is O=C(NCc1ncc[nH]1)c1ccncc1O. The molecule has 6 nitrogen and oxygen atoms in total. The van der Waals surface area contributed by atoms with Crippen LogP contribution in [0.1, 0.15) is 16.2 Å². The molecule has 0 saturated heterocycles. The maximum atomic E-state index is 11.6. The average molecular weight is 218 g/mol. The zero-order valence-electron chi connectivity index (χ0n) is 8.34. The van der Waals surface area contributed by atoms with Gasteiger partial charge >= 0.3 is 0 Å². The van der Waals surface area contributed by atoms with Crippen molar-refractivity contribution >= 4 is 5.91 Å². The Balaban J connectivity index is 2.01. The third-order valence-corrected chi connectivity index (χ3v) is 2.02. The molecule has 0 spiro atoms. The number of H-pyrrole nitrogens is 1. The van der Waals surface area contributed by atoms with Gasteiger partial charge in [-0.05, 0) is 6.07 Å². The van der Waals surface area contributed by atoms with Crippen LogP contribution in [0.3, 0.4) is 0 Å². The number of rotatable bonds is 3. The molecule has 2 aromatic rings. The summed E-state index contributed by atoms with van der Waals surface area (Å²) in [6.07, 6.45) is 5.94. The van der Waals surface area contributed by atoms with E-state index in [-0.39, 0.29) is 23.8 Å². The van der Waals surface area contributed by atoms with E-state index in [9.17, 15) is 9.90 Å². The third kappa shape index (κ3) is 2.17. The van der Waals surface area contributed by atoms with Crippen molar-refractivity contribution < 1.29 is 9.90 Å². The first kappa shape index (κ1) is 10.2. The molecule has 3 N–H and O–H groups in total. The molecule has 6 heteroatoms. The Morgan fingerprint density at radius 2 is 2.38 bits per heavy atom. The predicted molar refractivity (Wildman–Crippen MR) is 55.7 cm³/mol. The van der Waals surface area contributed by atoms with E-state index in [1.807, 2.05) is 0 Å². The molecule has 2 aromatic heterocycles. The van der Waals surface area contributed by atoms with Crippen LogP contribution in [0.15, 0.2) is 30.9 Å². The lowest BCUT2D eigenvalue weighted by Gasteiger charge is -2.04. The molecule has 2 rings (SSSR count). The predicted octanol–water partition coefficient (Wildman–Crippen LogP) is 0.440. The van der Waals surface area contributed by atoms with Crippen LogP contribution in [-0.2, 0) is 6.54 Å². The molecule has 0 aromatic carbocycles. The minimum Gasteiger partial charge on any atom is -0.505 e. The Kier molecular flexibility index (Phi) is 2.81. The number of nitrogens with one attached hydrogen (secondary N) is 2. The molecule has 1 amide bonds. The van der Waals surface area contributed by atoms with Gasteiger partial charge in [0.15, 0.2) is 0 Å². The zero-order valence-corrected chi connectivity index (χ0v) is 8.34. The topological polar surface area (TPSA) is 90.9 Å². The first-order valence-corrected chi connectivity index (χ1v) is 4.67. The number of carbonyl (C=O) groups is 1. The lowest BCUT2D eigenvalue weighted by atomic mass is 10.2. The summed E-state index contributed by atoms with van der Waals surface area (Å²) in [6.45, 7) is 0.285. The van der Waals surface area contributed by atoms with Crippen molar-refractivity contribution in [2.24, 2.45) is 0 Å². The largest absolute Gasteiger partial charge is 0.505 e. The van der Waals surface area contributed by atoms with Gasteiger partial charge in [-0.15, -0.1) is 0 Å². The molecule has 0 radical (unpaired) electrons. The molecule has 0 fully saturated rings. The average Bonchev–Trinajstić information content (AvgIpc) is 2.79. The molecule has 0 unspecified atom stereocenters. The summed E-state index contributed by atoms with van der Waals surface area (Å²) in [5, 5.41) is 12.0. The van der Waals surface area contributed by atoms with E-state index in [1.165, 1.54) is 18.5 Å². The van der Waals surface area contributed by atoms with E-state index in [4.69, 9.17) is 0 Å². The smallest absolute Gasteiger partial charge is 0.255 e. The maximum absolute atomic E-state index is 11.6. The quantitative estimate of drug-likeness (QED) is 0.697. The second kappa shape index (κ2) is 4.43. The molecule has 0 aliphatic rings. The molecule has 16 heavy (non-hydrogen) atoms. The van der Waals surface area contributed by atoms with Crippen molar-refractivity contribution in [3.63, 3.8) is 0 Å². The number of aromatic hydroxyl groups is 1. The van der Waals surface area contributed by atoms with E-state index in [0.717, 1.165) is 0 Å². The van der Waals surface area contributed by atoms with Crippen molar-refractivity contribution in [3.05, 3.63) is 42.2 Å². The highest BCUT2D eigenvalue weighted by Gasteiger charge is 2.10. The number of imidazole rings is 1. The van der Waals surface area contributed by atoms with Crippen LogP contribution in [0.5, 0.6) is 5.75 Å². The number of aromatic nitrogens is 3. The van der Waals surface area contributed by atoms with E-state index in [0.29, 0.717) is 5.82 Å². The Hall–Kier alpha value is -2.37. The van der Waals surface area contributed by atoms with Crippen LogP contribution < -0.4 is 5.32 Å². The van der Waals surface area contributed by atoms with Crippen molar-refractivity contribution in [2.75, 3.05) is 0 Å². The zero-order chi connectivity index (χ0) is 11.4. The summed E-state index contributed by atoms with van der Waals surface area (Å²) in [7, 11) is 0. The first-order valence-electron chi connectivity index (χ1n) is 4.67. The van der Waals surface area contributed by atoms with E-state index in [2.05, 4.69) is 20.3 Å². The summed E-state index contributed by atoms with van der Waals surface area (Å²) in [4.78, 5) is 22.1. The van der Waals surface area contributed by atoms with Gasteiger partial charge in [0, 0.05) is 18.6 Å². The minimum absolute atomic E-state index is 0.139. The van der Waals surface area contributed by atoms with Gasteiger partial charge in [0.1, 0.15) is 11.6 Å². The van der Waals surface area contributed by atoms with Crippen molar-refractivity contribution in [2.45, 2.75) is 6.54 Å². The van der Waals surface area contributed by atoms with Crippen LogP contribution in [0.4, 0.5) is 0 Å². The summed E-state index contributed by atoms with van der Waals surface area (Å²) in [5.74, 6) is 0.151. The monoisotopic (exact) mass is 218 g/mol. The summed E-state index contributed by atoms with van der Waals surface area (Å²) >= 11 is 0. The Bertz CT molecular complexity index is 481. The van der Waals surface area contributed by atoms with Gasteiger partial charge in [0.2, 0.25) is 0 Å². The lowest BCUT2D eigenvalue weighted by molar-refractivity contribution is 0.0947. The van der Waals surface area contributed by atoms with Crippen molar-refractivity contribution in [1.82, 2.24) is 20.3 Å². The van der Waals surface area contributed by atoms with Crippen LogP contribution >= 0.6 is 0 Å². The number of aromatic amines is 1. The molecule has 0 saturated carbocycles. The molecule has 0 aliphatic heterocycles. The highest BCUT2D eigenvalue weighted by Crippen LogP contribution is 2.13. The number of carbonyl (C=O) groups excluding carboxylic acids is 1. The van der Waals surface area contributed by atoms with Gasteiger partial charge < -0.3 is 15.4 Å². The van der Waals surface area contributed by atoms with E-state index < -0.39 is 0 Å². The van der Waals surface area contributed by atoms with Crippen LogP contribution in [0, 0.1) is 0 Å². The highest BCUT2D eigenvalue weighted by molar-refractivity contribution is 5.96. The fourth-order valence-electron chi connectivity index (χ4n) is 1.23. The van der Waals surface area contributed by atoms with Gasteiger partial charge in [-0.3, -0.25) is 9.78 Å². The molecule has 0 aliphatic carbocycles. The van der Waals surface area contributed by atoms with Gasteiger partial charge in [-0.1, -0.05) is 0 Å². The molecular weight excluding hydrogens is 208 g/mol. The second-order valence-corrected chi connectivity index (χ2v) is 3.11. The minimum atomic E-state index is -0.365. The Morgan fingerprint density at radius 1 is 1.50 bits per heavy atom. The number of amides is 1. The van der Waals surface area contributed by atoms with Gasteiger partial charge in [0.05, 0.1) is 18.3 Å². The third-order valence-electron chi connectivity index (χ3n) is 2.02. The van der Waals surface area contributed by atoms with Crippen LogP contribution in [0.2, 0.25) is 0 Å². The lowest BCUT2D eigenvalue weighted by Crippen LogP contribution is -2.23. The van der Waals surface area contributed by atoms with Gasteiger partial charge in [-0.25, -0.2) is 4.98 Å². The van der Waals surface area contributed by atoms with E-state index >= 15 is 0 Å². The number of pyridine rings is 1. The van der Waals surface area contributed by atoms with Crippen LogP contribution in [0.25, 0.3) is 0 Å². The molecule has 82 valence electrons. The Morgan fingerprint density at radius 3 is 3.06 bits per heavy atom. The summed E-state index contributed by atoms with van der Waals surface area (Å²) < 4.78 is 0. The maximum Gasteiger partial charge on any atom is 0.255 e. The molecule has 2 heterocycles. The standard InChI is InChI=1S/C10H10N4O2/c15-8-5-11-2-1-7(8)10(16)14-6-9-12-3-4-13-9/h1-5,15H,6H2,(H,12,13)(H,14,16). The summed E-state index contributed by atoms with van der Waals surface area (Å²) in [6, 6.07) is 1.45. The number of hydrogen-bond donors (Lipinski definition) is 3.